The molecule has 0 radical (unpaired) electrons. The van der Waals surface area contributed by atoms with Gasteiger partial charge >= 0.3 is 0 Å². The quantitative estimate of drug-likeness (QED) is 0.615. The first-order chi connectivity index (χ1) is 12.5. The van der Waals surface area contributed by atoms with Crippen LogP contribution in [0.5, 0.6) is 11.5 Å². The Hall–Kier alpha value is -2.29. The number of nitrogens with one attached hydrogen (secondary N) is 1. The van der Waals surface area contributed by atoms with Gasteiger partial charge in [-0.25, -0.2) is 0 Å². The van der Waals surface area contributed by atoms with Crippen LogP contribution in [0.1, 0.15) is 17.7 Å². The minimum absolute atomic E-state index is 0.0740. The second-order valence-corrected chi connectivity index (χ2v) is 6.96. The summed E-state index contributed by atoms with van der Waals surface area (Å²) in [4.78, 5) is 14.4. The minimum atomic E-state index is -0.689. The number of halogens is 1. The highest BCUT2D eigenvalue weighted by atomic mass is 35.5. The van der Waals surface area contributed by atoms with Crippen molar-refractivity contribution in [1.29, 1.82) is 0 Å². The van der Waals surface area contributed by atoms with E-state index in [-0.39, 0.29) is 29.0 Å². The average molecular weight is 380 g/mol. The predicted octanol–water partition coefficient (Wildman–Crippen LogP) is 1.01. The van der Waals surface area contributed by atoms with Gasteiger partial charge in [-0.3, -0.25) is 4.79 Å². The van der Waals surface area contributed by atoms with E-state index in [1.807, 2.05) is 0 Å². The van der Waals surface area contributed by atoms with Gasteiger partial charge in [0.25, 0.3) is 0 Å². The number of fused-ring (bicyclic) bond motifs is 1. The Morgan fingerprint density at radius 3 is 2.88 bits per heavy atom. The number of aliphatic hydroxyl groups excluding tert-OH is 1. The van der Waals surface area contributed by atoms with E-state index in [2.05, 4.69) is 10.5 Å². The van der Waals surface area contributed by atoms with Gasteiger partial charge in [0.15, 0.2) is 5.76 Å². The van der Waals surface area contributed by atoms with Crippen LogP contribution in [-0.4, -0.2) is 56.5 Å². The molecule has 1 amide bonds. The summed E-state index contributed by atoms with van der Waals surface area (Å²) in [6.45, 7) is 1.34. The Morgan fingerprint density at radius 1 is 1.35 bits per heavy atom. The lowest BCUT2D eigenvalue weighted by Crippen LogP contribution is -2.49. The van der Waals surface area contributed by atoms with Gasteiger partial charge < -0.3 is 30.1 Å². The number of benzene rings is 1. The first kappa shape index (κ1) is 17.1. The molecule has 1 aromatic heterocycles. The number of carbonyl (C=O) groups is 1. The molecule has 0 unspecified atom stereocenters. The molecule has 9 heteroatoms. The van der Waals surface area contributed by atoms with E-state index >= 15 is 0 Å². The fraction of sp³-hybridized carbons (Fsp3) is 0.412. The van der Waals surface area contributed by atoms with E-state index in [1.54, 1.807) is 4.90 Å². The zero-order valence-corrected chi connectivity index (χ0v) is 14.5. The van der Waals surface area contributed by atoms with Gasteiger partial charge in [0, 0.05) is 24.6 Å². The van der Waals surface area contributed by atoms with Gasteiger partial charge in [-0.15, -0.1) is 0 Å². The second-order valence-electron chi connectivity index (χ2n) is 6.56. The van der Waals surface area contributed by atoms with Gasteiger partial charge in [-0.1, -0.05) is 16.8 Å². The first-order valence-corrected chi connectivity index (χ1v) is 8.73. The molecule has 1 aromatic carbocycles. The number of carbonyl (C=O) groups excluding carboxylic acids is 1. The predicted molar refractivity (Wildman–Crippen MR) is 91.8 cm³/mol. The number of nitrogens with zero attached hydrogens (tertiary/aromatic N) is 2. The van der Waals surface area contributed by atoms with E-state index < -0.39 is 12.1 Å². The molecule has 0 bridgehead atoms. The molecular formula is C17H18ClN3O5. The Balaban J connectivity index is 1.65. The monoisotopic (exact) mass is 379 g/mol. The lowest BCUT2D eigenvalue weighted by Gasteiger charge is -2.29. The van der Waals surface area contributed by atoms with Crippen LogP contribution < -0.4 is 5.32 Å². The molecule has 26 heavy (non-hydrogen) atoms. The highest BCUT2D eigenvalue weighted by Gasteiger charge is 2.37. The fourth-order valence-corrected chi connectivity index (χ4v) is 3.65. The summed E-state index contributed by atoms with van der Waals surface area (Å²) >= 11 is 5.94. The molecule has 2 aromatic rings. The van der Waals surface area contributed by atoms with Crippen molar-refractivity contribution < 1.29 is 24.6 Å². The number of hydrogen-bond acceptors (Lipinski definition) is 7. The third kappa shape index (κ3) is 2.80. The van der Waals surface area contributed by atoms with Crippen LogP contribution in [0, 0.1) is 0 Å². The van der Waals surface area contributed by atoms with Crippen LogP contribution in [0.4, 0.5) is 0 Å². The third-order valence-corrected chi connectivity index (χ3v) is 5.22. The molecule has 4 rings (SSSR count). The Morgan fingerprint density at radius 2 is 2.15 bits per heavy atom. The maximum atomic E-state index is 12.7. The van der Waals surface area contributed by atoms with Crippen molar-refractivity contribution in [1.82, 2.24) is 15.4 Å². The Bertz CT molecular complexity index is 868. The normalized spacial score (nSPS) is 22.5. The van der Waals surface area contributed by atoms with Crippen molar-refractivity contribution in [2.45, 2.75) is 31.5 Å². The Kier molecular flexibility index (Phi) is 4.26. The topological polar surface area (TPSA) is 119 Å². The lowest BCUT2D eigenvalue weighted by atomic mass is 10.00. The summed E-state index contributed by atoms with van der Waals surface area (Å²) in [5.41, 5.74) is 1.71. The molecular weight excluding hydrogens is 362 g/mol. The molecule has 2 aliphatic heterocycles. The molecule has 0 spiro atoms. The van der Waals surface area contributed by atoms with Crippen LogP contribution in [-0.2, 0) is 17.8 Å². The molecule has 2 aliphatic rings. The van der Waals surface area contributed by atoms with Crippen LogP contribution in [0.3, 0.4) is 0 Å². The van der Waals surface area contributed by atoms with Gasteiger partial charge in [-0.05, 0) is 19.0 Å². The van der Waals surface area contributed by atoms with Crippen molar-refractivity contribution in [2.75, 3.05) is 13.1 Å². The molecule has 0 aliphatic carbocycles. The van der Waals surface area contributed by atoms with E-state index in [9.17, 15) is 20.1 Å². The largest absolute Gasteiger partial charge is 0.507 e. The number of phenolic OH excluding ortho intramolecular Hbond substituents is 2. The summed E-state index contributed by atoms with van der Waals surface area (Å²) in [6.07, 6.45) is 0.374. The standard InChI is InChI=1S/C17H18ClN3O5/c18-10-5-8(13(23)6-14(10)24)16-9-7-21(4-2-11(9)20-26-16)17(25)15-12(22)1-3-19-15/h5-6,12,15,19,22-24H,1-4,7H2/t12-,15-/m0/s1. The maximum Gasteiger partial charge on any atom is 0.242 e. The molecule has 3 heterocycles. The van der Waals surface area contributed by atoms with Crippen molar-refractivity contribution in [3.63, 3.8) is 0 Å². The number of aromatic nitrogens is 1. The molecule has 2 atom stereocenters. The van der Waals surface area contributed by atoms with E-state index in [1.165, 1.54) is 6.07 Å². The lowest BCUT2D eigenvalue weighted by molar-refractivity contribution is -0.136. The van der Waals surface area contributed by atoms with Crippen LogP contribution in [0.2, 0.25) is 5.02 Å². The summed E-state index contributed by atoms with van der Waals surface area (Å²) < 4.78 is 5.40. The summed E-state index contributed by atoms with van der Waals surface area (Å²) in [7, 11) is 0. The van der Waals surface area contributed by atoms with Crippen molar-refractivity contribution >= 4 is 17.5 Å². The van der Waals surface area contributed by atoms with Crippen LogP contribution >= 0.6 is 11.6 Å². The fourth-order valence-electron chi connectivity index (χ4n) is 3.48. The summed E-state index contributed by atoms with van der Waals surface area (Å²) in [5.74, 6) is -0.279. The number of aromatic hydroxyl groups is 2. The molecule has 138 valence electrons. The van der Waals surface area contributed by atoms with E-state index in [0.29, 0.717) is 48.5 Å². The van der Waals surface area contributed by atoms with Crippen molar-refractivity contribution in [3.05, 3.63) is 28.4 Å². The molecule has 8 nitrogen and oxygen atoms in total. The van der Waals surface area contributed by atoms with Gasteiger partial charge in [-0.2, -0.15) is 0 Å². The van der Waals surface area contributed by atoms with Gasteiger partial charge in [0.05, 0.1) is 28.9 Å². The van der Waals surface area contributed by atoms with Crippen LogP contribution in [0.25, 0.3) is 11.3 Å². The molecule has 1 saturated heterocycles. The zero-order valence-electron chi connectivity index (χ0n) is 13.8. The smallest absolute Gasteiger partial charge is 0.242 e. The number of aliphatic hydroxyl groups is 1. The first-order valence-electron chi connectivity index (χ1n) is 8.35. The van der Waals surface area contributed by atoms with E-state index in [0.717, 1.165) is 6.07 Å². The number of amides is 1. The molecule has 1 fully saturated rings. The number of hydrogen-bond donors (Lipinski definition) is 4. The van der Waals surface area contributed by atoms with Crippen molar-refractivity contribution in [3.8, 4) is 22.8 Å². The SMILES string of the molecule is O=C([C@H]1NCC[C@@H]1O)N1CCc2noc(-c3cc(Cl)c(O)cc3O)c2C1. The zero-order chi connectivity index (χ0) is 18.4. The molecule has 0 saturated carbocycles. The summed E-state index contributed by atoms with van der Waals surface area (Å²) in [6, 6.07) is 1.93. The second kappa shape index (κ2) is 6.46. The summed E-state index contributed by atoms with van der Waals surface area (Å²) in [5, 5.41) is 36.8. The van der Waals surface area contributed by atoms with Gasteiger partial charge in [0.1, 0.15) is 17.5 Å². The van der Waals surface area contributed by atoms with Gasteiger partial charge in [0.2, 0.25) is 5.91 Å². The average Bonchev–Trinajstić information content (AvgIpc) is 3.23. The van der Waals surface area contributed by atoms with Crippen molar-refractivity contribution in [2.24, 2.45) is 0 Å². The number of rotatable bonds is 2. The highest BCUT2D eigenvalue weighted by Crippen LogP contribution is 2.40. The van der Waals surface area contributed by atoms with Crippen LogP contribution in [0.15, 0.2) is 16.7 Å². The third-order valence-electron chi connectivity index (χ3n) is 4.91. The number of phenols is 2. The maximum absolute atomic E-state index is 12.7. The minimum Gasteiger partial charge on any atom is -0.507 e. The van der Waals surface area contributed by atoms with E-state index in [4.69, 9.17) is 16.1 Å². The highest BCUT2D eigenvalue weighted by molar-refractivity contribution is 6.32. The molecule has 4 N–H and O–H groups in total. The Labute approximate surface area is 154 Å².